The maximum absolute atomic E-state index is 6.23. The van der Waals surface area contributed by atoms with Crippen LogP contribution in [0.25, 0.3) is 0 Å². The lowest BCUT2D eigenvalue weighted by Crippen LogP contribution is -2.37. The number of hydrogen-bond acceptors (Lipinski definition) is 2. The van der Waals surface area contributed by atoms with E-state index in [2.05, 4.69) is 37.2 Å². The molecule has 0 bridgehead atoms. The molecule has 1 aromatic carbocycles. The average Bonchev–Trinajstić information content (AvgIpc) is 2.61. The Morgan fingerprint density at radius 2 is 2.00 bits per heavy atom. The highest BCUT2D eigenvalue weighted by atomic mass is 35.5. The van der Waals surface area contributed by atoms with Crippen molar-refractivity contribution in [1.29, 1.82) is 0 Å². The third-order valence-corrected chi connectivity index (χ3v) is 5.07. The van der Waals surface area contributed by atoms with Crippen LogP contribution in [0.1, 0.15) is 44.7 Å². The van der Waals surface area contributed by atoms with Crippen molar-refractivity contribution in [3.8, 4) is 0 Å². The Morgan fingerprint density at radius 3 is 2.67 bits per heavy atom. The van der Waals surface area contributed by atoms with Gasteiger partial charge in [-0.3, -0.25) is 4.90 Å². The van der Waals surface area contributed by atoms with Gasteiger partial charge in [0.2, 0.25) is 0 Å². The Labute approximate surface area is 138 Å². The zero-order valence-corrected chi connectivity index (χ0v) is 14.7. The summed E-state index contributed by atoms with van der Waals surface area (Å²) in [7, 11) is 2.22. The van der Waals surface area contributed by atoms with Gasteiger partial charge >= 0.3 is 0 Å². The monoisotopic (exact) mass is 328 g/mol. The molecule has 1 saturated heterocycles. The molecule has 1 N–H and O–H groups in total. The summed E-state index contributed by atoms with van der Waals surface area (Å²) >= 11 is 12.3. The third-order valence-electron chi connectivity index (χ3n) is 4.33. The Hall–Kier alpha value is -0.280. The first-order valence-electron chi connectivity index (χ1n) is 7.87. The van der Waals surface area contributed by atoms with E-state index in [9.17, 15) is 0 Å². The highest BCUT2D eigenvalue weighted by molar-refractivity contribution is 6.42. The van der Waals surface area contributed by atoms with E-state index >= 15 is 0 Å². The van der Waals surface area contributed by atoms with Crippen molar-refractivity contribution in [2.24, 2.45) is 5.92 Å². The van der Waals surface area contributed by atoms with Gasteiger partial charge in [0.05, 0.1) is 10.0 Å². The van der Waals surface area contributed by atoms with Gasteiger partial charge in [-0.1, -0.05) is 49.5 Å². The first kappa shape index (κ1) is 17.1. The molecule has 0 spiro atoms. The van der Waals surface area contributed by atoms with Crippen LogP contribution >= 0.6 is 23.2 Å². The molecule has 2 rings (SSSR count). The molecule has 1 aliphatic rings. The second-order valence-electron chi connectivity index (χ2n) is 6.42. The SMILES string of the molecule is CC(C)NCC1CCCCN(C)C1c1ccc(Cl)c(Cl)c1. The summed E-state index contributed by atoms with van der Waals surface area (Å²) in [6.45, 7) is 6.60. The standard InChI is InChI=1S/C17H26Cl2N2/c1-12(2)20-11-14-6-4-5-9-21(3)17(14)13-7-8-15(18)16(19)10-13/h7-8,10,12,14,17,20H,4-6,9,11H2,1-3H3. The van der Waals surface area contributed by atoms with Crippen LogP contribution in [0.3, 0.4) is 0 Å². The predicted molar refractivity (Wildman–Crippen MR) is 92.3 cm³/mol. The molecule has 4 heteroatoms. The van der Waals surface area contributed by atoms with E-state index in [1.54, 1.807) is 0 Å². The minimum atomic E-state index is 0.411. The first-order valence-corrected chi connectivity index (χ1v) is 8.63. The Bertz CT molecular complexity index is 462. The largest absolute Gasteiger partial charge is 0.314 e. The fourth-order valence-electron chi connectivity index (χ4n) is 3.25. The van der Waals surface area contributed by atoms with Gasteiger partial charge < -0.3 is 5.32 Å². The summed E-state index contributed by atoms with van der Waals surface area (Å²) in [6.07, 6.45) is 3.83. The normalized spacial score (nSPS) is 24.3. The van der Waals surface area contributed by atoms with Crippen molar-refractivity contribution in [3.05, 3.63) is 33.8 Å². The van der Waals surface area contributed by atoms with Crippen molar-refractivity contribution in [2.45, 2.75) is 45.2 Å². The molecule has 2 unspecified atom stereocenters. The van der Waals surface area contributed by atoms with Crippen molar-refractivity contribution in [1.82, 2.24) is 10.2 Å². The third kappa shape index (κ3) is 4.59. The van der Waals surface area contributed by atoms with Gasteiger partial charge in [-0.2, -0.15) is 0 Å². The van der Waals surface area contributed by atoms with E-state index in [1.165, 1.54) is 24.8 Å². The number of hydrogen-bond donors (Lipinski definition) is 1. The Balaban J connectivity index is 2.25. The lowest BCUT2D eigenvalue weighted by Gasteiger charge is -2.33. The quantitative estimate of drug-likeness (QED) is 0.856. The zero-order chi connectivity index (χ0) is 15.4. The summed E-state index contributed by atoms with van der Waals surface area (Å²) < 4.78 is 0. The second kappa shape index (κ2) is 7.82. The molecule has 0 aromatic heterocycles. The molecule has 2 nitrogen and oxygen atoms in total. The zero-order valence-electron chi connectivity index (χ0n) is 13.2. The highest BCUT2D eigenvalue weighted by Gasteiger charge is 2.29. The Morgan fingerprint density at radius 1 is 1.24 bits per heavy atom. The number of likely N-dealkylation sites (tertiary alicyclic amines) is 1. The van der Waals surface area contributed by atoms with Gasteiger partial charge in [-0.15, -0.1) is 0 Å². The van der Waals surface area contributed by atoms with Gasteiger partial charge in [-0.25, -0.2) is 0 Å². The Kier molecular flexibility index (Phi) is 6.36. The molecule has 2 atom stereocenters. The molecule has 1 heterocycles. The molecule has 21 heavy (non-hydrogen) atoms. The first-order chi connectivity index (χ1) is 9.99. The van der Waals surface area contributed by atoms with E-state index in [0.717, 1.165) is 13.1 Å². The van der Waals surface area contributed by atoms with Crippen LogP contribution in [-0.2, 0) is 0 Å². The summed E-state index contributed by atoms with van der Waals surface area (Å²) in [4.78, 5) is 2.47. The van der Waals surface area contributed by atoms with Crippen LogP contribution in [0.2, 0.25) is 10.0 Å². The van der Waals surface area contributed by atoms with Gasteiger partial charge in [0.1, 0.15) is 0 Å². The van der Waals surface area contributed by atoms with E-state index in [1.807, 2.05) is 12.1 Å². The van der Waals surface area contributed by atoms with E-state index in [-0.39, 0.29) is 0 Å². The number of halogens is 2. The van der Waals surface area contributed by atoms with Crippen molar-refractivity contribution in [3.63, 3.8) is 0 Å². The van der Waals surface area contributed by atoms with Gasteiger partial charge in [0.15, 0.2) is 0 Å². The fourth-order valence-corrected chi connectivity index (χ4v) is 3.55. The molecule has 1 aromatic rings. The highest BCUT2D eigenvalue weighted by Crippen LogP contribution is 2.36. The van der Waals surface area contributed by atoms with E-state index in [4.69, 9.17) is 23.2 Å². The van der Waals surface area contributed by atoms with Crippen LogP contribution in [0, 0.1) is 5.92 Å². The lowest BCUT2D eigenvalue weighted by molar-refractivity contribution is 0.187. The second-order valence-corrected chi connectivity index (χ2v) is 7.23. The summed E-state index contributed by atoms with van der Waals surface area (Å²) in [5.74, 6) is 0.608. The molecule has 0 aliphatic carbocycles. The molecule has 0 saturated carbocycles. The van der Waals surface area contributed by atoms with Crippen molar-refractivity contribution < 1.29 is 0 Å². The van der Waals surface area contributed by atoms with Gasteiger partial charge in [-0.05, 0) is 50.0 Å². The molecule has 1 fully saturated rings. The van der Waals surface area contributed by atoms with Crippen LogP contribution < -0.4 is 5.32 Å². The van der Waals surface area contributed by atoms with Crippen LogP contribution in [0.15, 0.2) is 18.2 Å². The smallest absolute Gasteiger partial charge is 0.0595 e. The van der Waals surface area contributed by atoms with Crippen molar-refractivity contribution >= 4 is 23.2 Å². The molecule has 0 amide bonds. The van der Waals surface area contributed by atoms with Crippen LogP contribution in [-0.4, -0.2) is 31.1 Å². The molecular formula is C17H26Cl2N2. The maximum Gasteiger partial charge on any atom is 0.0595 e. The minimum absolute atomic E-state index is 0.411. The lowest BCUT2D eigenvalue weighted by atomic mass is 9.89. The fraction of sp³-hybridized carbons (Fsp3) is 0.647. The van der Waals surface area contributed by atoms with Gasteiger partial charge in [0, 0.05) is 18.6 Å². The summed E-state index contributed by atoms with van der Waals surface area (Å²) in [5.41, 5.74) is 1.28. The molecule has 118 valence electrons. The van der Waals surface area contributed by atoms with Gasteiger partial charge in [0.25, 0.3) is 0 Å². The van der Waals surface area contributed by atoms with E-state index < -0.39 is 0 Å². The maximum atomic E-state index is 6.23. The number of benzene rings is 1. The number of nitrogens with one attached hydrogen (secondary N) is 1. The molecule has 0 radical (unpaired) electrons. The summed E-state index contributed by atoms with van der Waals surface area (Å²) in [6, 6.07) is 7.02. The number of nitrogens with zero attached hydrogens (tertiary/aromatic N) is 1. The number of rotatable bonds is 4. The average molecular weight is 329 g/mol. The predicted octanol–water partition coefficient (Wildman–Crippen LogP) is 4.76. The molecule has 1 aliphatic heterocycles. The van der Waals surface area contributed by atoms with E-state index in [0.29, 0.717) is 28.0 Å². The minimum Gasteiger partial charge on any atom is -0.314 e. The molecular weight excluding hydrogens is 303 g/mol. The van der Waals surface area contributed by atoms with Crippen LogP contribution in [0.4, 0.5) is 0 Å². The van der Waals surface area contributed by atoms with Crippen LogP contribution in [0.5, 0.6) is 0 Å². The van der Waals surface area contributed by atoms with Crippen molar-refractivity contribution in [2.75, 3.05) is 20.1 Å². The topological polar surface area (TPSA) is 15.3 Å². The summed E-state index contributed by atoms with van der Waals surface area (Å²) in [5, 5.41) is 4.89.